The summed E-state index contributed by atoms with van der Waals surface area (Å²) >= 11 is 0. The second-order valence-corrected chi connectivity index (χ2v) is 6.48. The van der Waals surface area contributed by atoms with E-state index in [0.29, 0.717) is 26.4 Å². The third kappa shape index (κ3) is 36.1. The van der Waals surface area contributed by atoms with Gasteiger partial charge in [-0.3, -0.25) is 9.59 Å². The number of carboxylic acids is 1. The van der Waals surface area contributed by atoms with Crippen LogP contribution in [0.1, 0.15) is 61.3 Å². The highest BCUT2D eigenvalue weighted by Gasteiger charge is 2.20. The molecular formula is C25H53N3O9. The Morgan fingerprint density at radius 1 is 0.703 bits per heavy atom. The highest BCUT2D eigenvalue weighted by molar-refractivity contribution is 5.85. The molecule has 0 aromatic carbocycles. The molecule has 0 aliphatic carbocycles. The van der Waals surface area contributed by atoms with Gasteiger partial charge < -0.3 is 44.8 Å². The molecule has 0 heterocycles. The van der Waals surface area contributed by atoms with Crippen LogP contribution in [0.15, 0.2) is 0 Å². The first-order valence-electron chi connectivity index (χ1n) is 13.1. The standard InChI is InChI=1S/C19H35N3O9.3C2H6/c1-15(23)3-4-16(19(26)27)22-18(25)14-31-12-10-29-8-6-21-17(24)13-30-11-9-28-7-5-20-2;3*1-2/h16,20H,3-14H2,1-2H3,(H,21,24)(H,22,25)(H,26,27);3*1-2H3. The molecule has 4 N–H and O–H groups in total. The van der Waals surface area contributed by atoms with Crippen LogP contribution < -0.4 is 16.0 Å². The Kier molecular flexibility index (Phi) is 40.9. The minimum Gasteiger partial charge on any atom is -0.480 e. The molecule has 0 spiro atoms. The SMILES string of the molecule is CC.CC.CC.CNCCOCCOCC(=O)NCCOCCOCC(=O)NC(CCC(C)=O)C(=O)O. The van der Waals surface area contributed by atoms with Crippen molar-refractivity contribution in [3.05, 3.63) is 0 Å². The molecule has 0 saturated carbocycles. The van der Waals surface area contributed by atoms with Crippen LogP contribution in [0.2, 0.25) is 0 Å². The van der Waals surface area contributed by atoms with Crippen LogP contribution in [0.3, 0.4) is 0 Å². The van der Waals surface area contributed by atoms with E-state index in [1.165, 1.54) is 6.92 Å². The fourth-order valence-corrected chi connectivity index (χ4v) is 2.10. The Labute approximate surface area is 223 Å². The molecule has 0 rings (SSSR count). The number of carbonyl (C=O) groups excluding carboxylic acids is 3. The van der Waals surface area contributed by atoms with Gasteiger partial charge in [0.25, 0.3) is 0 Å². The van der Waals surface area contributed by atoms with E-state index < -0.39 is 17.9 Å². The van der Waals surface area contributed by atoms with Gasteiger partial charge in [0.2, 0.25) is 11.8 Å². The molecule has 0 radical (unpaired) electrons. The number of Topliss-reactive ketones (excluding diaryl/α,β-unsaturated/α-hetero) is 1. The van der Waals surface area contributed by atoms with Gasteiger partial charge in [0.15, 0.2) is 0 Å². The lowest BCUT2D eigenvalue weighted by Gasteiger charge is -2.14. The molecule has 222 valence electrons. The molecule has 1 unspecified atom stereocenters. The quantitative estimate of drug-likeness (QED) is 0.157. The monoisotopic (exact) mass is 539 g/mol. The van der Waals surface area contributed by atoms with Crippen molar-refractivity contribution in [1.82, 2.24) is 16.0 Å². The summed E-state index contributed by atoms with van der Waals surface area (Å²) in [5.74, 6) is -2.20. The van der Waals surface area contributed by atoms with Crippen molar-refractivity contribution in [2.24, 2.45) is 0 Å². The average Bonchev–Trinajstić information content (AvgIpc) is 2.90. The van der Waals surface area contributed by atoms with Crippen LogP contribution in [0.5, 0.6) is 0 Å². The minimum atomic E-state index is -1.21. The van der Waals surface area contributed by atoms with E-state index >= 15 is 0 Å². The van der Waals surface area contributed by atoms with Crippen LogP contribution in [0.4, 0.5) is 0 Å². The van der Waals surface area contributed by atoms with E-state index in [2.05, 4.69) is 16.0 Å². The molecule has 0 saturated heterocycles. The third-order valence-electron chi connectivity index (χ3n) is 3.69. The Balaban J connectivity index is -0.000000839. The van der Waals surface area contributed by atoms with Crippen LogP contribution in [-0.4, -0.2) is 108 Å². The number of ketones is 1. The Morgan fingerprint density at radius 3 is 1.62 bits per heavy atom. The van der Waals surface area contributed by atoms with Crippen LogP contribution >= 0.6 is 0 Å². The summed E-state index contributed by atoms with van der Waals surface area (Å²) in [6, 6.07) is -1.13. The average molecular weight is 540 g/mol. The number of rotatable bonds is 21. The molecule has 12 heteroatoms. The normalized spacial score (nSPS) is 10.3. The smallest absolute Gasteiger partial charge is 0.326 e. The number of hydrogen-bond acceptors (Lipinski definition) is 9. The zero-order valence-corrected chi connectivity index (χ0v) is 24.3. The topological polar surface area (TPSA) is 162 Å². The lowest BCUT2D eigenvalue weighted by Crippen LogP contribution is -2.42. The summed E-state index contributed by atoms with van der Waals surface area (Å²) in [7, 11) is 1.83. The van der Waals surface area contributed by atoms with Crippen molar-refractivity contribution in [2.75, 3.05) is 73.0 Å². The van der Waals surface area contributed by atoms with Gasteiger partial charge in [-0.1, -0.05) is 41.5 Å². The fourth-order valence-electron chi connectivity index (χ4n) is 2.10. The molecule has 12 nitrogen and oxygen atoms in total. The van der Waals surface area contributed by atoms with E-state index in [0.717, 1.165) is 6.54 Å². The van der Waals surface area contributed by atoms with E-state index in [1.807, 2.05) is 48.6 Å². The fraction of sp³-hybridized carbons (Fsp3) is 0.840. The predicted octanol–water partition coefficient (Wildman–Crippen LogP) is 1.41. The molecule has 1 atom stereocenters. The number of ether oxygens (including phenoxy) is 4. The summed E-state index contributed by atoms with van der Waals surface area (Å²) in [5.41, 5.74) is 0. The first kappa shape index (κ1) is 42.0. The number of likely N-dealkylation sites (N-methyl/N-ethyl adjacent to an activating group) is 1. The second-order valence-electron chi connectivity index (χ2n) is 6.48. The highest BCUT2D eigenvalue weighted by atomic mass is 16.5. The van der Waals surface area contributed by atoms with E-state index in [9.17, 15) is 19.2 Å². The van der Waals surface area contributed by atoms with Gasteiger partial charge in [0.1, 0.15) is 25.0 Å². The summed E-state index contributed by atoms with van der Waals surface area (Å²) < 4.78 is 20.8. The van der Waals surface area contributed by atoms with Crippen LogP contribution in [-0.2, 0) is 38.1 Å². The van der Waals surface area contributed by atoms with Gasteiger partial charge in [-0.2, -0.15) is 0 Å². The number of hydrogen-bond donors (Lipinski definition) is 4. The molecule has 0 fully saturated rings. The lowest BCUT2D eigenvalue weighted by molar-refractivity contribution is -0.143. The molecule has 2 amide bonds. The van der Waals surface area contributed by atoms with Gasteiger partial charge in [-0.05, 0) is 20.4 Å². The predicted molar refractivity (Wildman–Crippen MR) is 144 cm³/mol. The van der Waals surface area contributed by atoms with Crippen molar-refractivity contribution in [1.29, 1.82) is 0 Å². The maximum absolute atomic E-state index is 11.7. The number of amides is 2. The first-order valence-corrected chi connectivity index (χ1v) is 13.1. The van der Waals surface area contributed by atoms with Crippen molar-refractivity contribution in [3.8, 4) is 0 Å². The Morgan fingerprint density at radius 2 is 1.16 bits per heavy atom. The summed E-state index contributed by atoms with van der Waals surface area (Å²) in [6.07, 6.45) is 0.0979. The lowest BCUT2D eigenvalue weighted by atomic mass is 10.1. The Bertz CT molecular complexity index is 536. The zero-order valence-electron chi connectivity index (χ0n) is 24.3. The molecule has 0 aliphatic rings. The maximum atomic E-state index is 11.7. The van der Waals surface area contributed by atoms with Gasteiger partial charge >= 0.3 is 5.97 Å². The third-order valence-corrected chi connectivity index (χ3v) is 3.69. The minimum absolute atomic E-state index is 0.0285. The first-order chi connectivity index (χ1) is 17.9. The van der Waals surface area contributed by atoms with Crippen LogP contribution in [0.25, 0.3) is 0 Å². The summed E-state index contributed by atoms with van der Waals surface area (Å²) in [4.78, 5) is 45.2. The maximum Gasteiger partial charge on any atom is 0.326 e. The molecule has 0 aliphatic heterocycles. The van der Waals surface area contributed by atoms with Crippen molar-refractivity contribution >= 4 is 23.6 Å². The highest BCUT2D eigenvalue weighted by Crippen LogP contribution is 1.99. The van der Waals surface area contributed by atoms with Gasteiger partial charge in [0, 0.05) is 19.5 Å². The van der Waals surface area contributed by atoms with E-state index in [-0.39, 0.29) is 57.6 Å². The Hall–Kier alpha value is -2.12. The van der Waals surface area contributed by atoms with Gasteiger partial charge in [-0.25, -0.2) is 4.79 Å². The number of nitrogens with one attached hydrogen (secondary N) is 3. The van der Waals surface area contributed by atoms with Crippen molar-refractivity contribution in [3.63, 3.8) is 0 Å². The molecule has 0 aromatic rings. The molecule has 37 heavy (non-hydrogen) atoms. The second kappa shape index (κ2) is 36.0. The summed E-state index contributed by atoms with van der Waals surface area (Å²) in [6.45, 7) is 16.0. The van der Waals surface area contributed by atoms with E-state index in [4.69, 9.17) is 24.1 Å². The van der Waals surface area contributed by atoms with Crippen molar-refractivity contribution in [2.45, 2.75) is 67.3 Å². The van der Waals surface area contributed by atoms with E-state index in [1.54, 1.807) is 0 Å². The van der Waals surface area contributed by atoms with Crippen molar-refractivity contribution < 1.29 is 43.2 Å². The number of carbonyl (C=O) groups is 4. The zero-order chi connectivity index (χ0) is 29.3. The number of carboxylic acid groups (broad SMARTS) is 1. The summed E-state index contributed by atoms with van der Waals surface area (Å²) in [5, 5.41) is 16.9. The molecule has 0 bridgehead atoms. The molecular weight excluding hydrogens is 486 g/mol. The number of aliphatic carboxylic acids is 1. The van der Waals surface area contributed by atoms with Gasteiger partial charge in [0.05, 0.1) is 39.6 Å². The van der Waals surface area contributed by atoms with Crippen LogP contribution in [0, 0.1) is 0 Å². The molecule has 0 aromatic heterocycles. The van der Waals surface area contributed by atoms with Gasteiger partial charge in [-0.15, -0.1) is 0 Å². The largest absolute Gasteiger partial charge is 0.480 e.